The van der Waals surface area contributed by atoms with Crippen LogP contribution >= 0.6 is 23.2 Å². The highest BCUT2D eigenvalue weighted by atomic mass is 35.5. The van der Waals surface area contributed by atoms with Crippen molar-refractivity contribution in [2.75, 3.05) is 36.0 Å². The maximum Gasteiger partial charge on any atom is 0.407 e. The first-order valence-corrected chi connectivity index (χ1v) is 23.5. The summed E-state index contributed by atoms with van der Waals surface area (Å²) in [7, 11) is 0. The molecule has 0 unspecified atom stereocenters. The summed E-state index contributed by atoms with van der Waals surface area (Å²) in [5.41, 5.74) is 5.71. The van der Waals surface area contributed by atoms with Gasteiger partial charge < -0.3 is 59.8 Å². The van der Waals surface area contributed by atoms with Gasteiger partial charge >= 0.3 is 18.2 Å². The van der Waals surface area contributed by atoms with Gasteiger partial charge in [0, 0.05) is 48.3 Å². The molecule has 4 aromatic heterocycles. The molecule has 0 bridgehead atoms. The average Bonchev–Trinajstić information content (AvgIpc) is 3.83. The van der Waals surface area contributed by atoms with Crippen molar-refractivity contribution in [2.24, 2.45) is 5.73 Å². The summed E-state index contributed by atoms with van der Waals surface area (Å²) in [6.07, 6.45) is 2.18. The summed E-state index contributed by atoms with van der Waals surface area (Å²) in [4.78, 5) is 92.1. The molecular formula is C48H57Cl2N11O9. The number of alkyl carbamates (subject to hydrolysis) is 2. The van der Waals surface area contributed by atoms with Crippen molar-refractivity contribution in [3.05, 3.63) is 114 Å². The molecule has 0 saturated carbocycles. The van der Waals surface area contributed by atoms with E-state index >= 15 is 0 Å². The second-order valence-corrected chi connectivity index (χ2v) is 20.0. The molecule has 0 aliphatic carbocycles. The molecule has 3 amide bonds. The van der Waals surface area contributed by atoms with Crippen LogP contribution in [-0.2, 0) is 22.6 Å². The van der Waals surface area contributed by atoms with Gasteiger partial charge in [-0.1, -0.05) is 59.6 Å². The van der Waals surface area contributed by atoms with Crippen LogP contribution in [0.3, 0.4) is 0 Å². The van der Waals surface area contributed by atoms with E-state index in [2.05, 4.69) is 25.6 Å². The van der Waals surface area contributed by atoms with Crippen molar-refractivity contribution in [1.82, 2.24) is 39.7 Å². The molecule has 70 heavy (non-hydrogen) atoms. The van der Waals surface area contributed by atoms with Crippen LogP contribution in [0.5, 0.6) is 0 Å². The van der Waals surface area contributed by atoms with E-state index in [0.29, 0.717) is 65.7 Å². The fraction of sp³-hybridized carbons (Fsp3) is 0.417. The molecule has 7 N–H and O–H groups in total. The summed E-state index contributed by atoms with van der Waals surface area (Å²) in [6.45, 7) is 13.7. The van der Waals surface area contributed by atoms with Crippen molar-refractivity contribution in [3.63, 3.8) is 0 Å². The first-order chi connectivity index (χ1) is 33.0. The van der Waals surface area contributed by atoms with E-state index in [9.17, 15) is 33.9 Å². The van der Waals surface area contributed by atoms with Crippen molar-refractivity contribution >= 4 is 81.2 Å². The van der Waals surface area contributed by atoms with Gasteiger partial charge in [-0.3, -0.25) is 14.4 Å². The molecule has 2 fully saturated rings. The molecule has 372 valence electrons. The predicted molar refractivity (Wildman–Crippen MR) is 267 cm³/mol. The number of H-pyrrole nitrogens is 2. The minimum absolute atomic E-state index is 0.0143. The lowest BCUT2D eigenvalue weighted by atomic mass is 10.1. The average molecular weight is 1000 g/mol. The van der Waals surface area contributed by atoms with Crippen LogP contribution in [0, 0.1) is 0 Å². The zero-order chi connectivity index (χ0) is 50.7. The van der Waals surface area contributed by atoms with Crippen molar-refractivity contribution in [3.8, 4) is 0 Å². The third-order valence-corrected chi connectivity index (χ3v) is 12.1. The van der Waals surface area contributed by atoms with Crippen LogP contribution < -0.4 is 37.3 Å². The number of aromatic carboxylic acids is 1. The smallest absolute Gasteiger partial charge is 0.407 e. The van der Waals surface area contributed by atoms with Gasteiger partial charge in [0.15, 0.2) is 0 Å². The maximum absolute atomic E-state index is 13.0. The Morgan fingerprint density at radius 1 is 0.700 bits per heavy atom. The number of hydrogen-bond donors (Lipinski definition) is 6. The van der Waals surface area contributed by atoms with E-state index < -0.39 is 46.4 Å². The van der Waals surface area contributed by atoms with E-state index in [1.54, 1.807) is 42.0 Å². The second kappa shape index (κ2) is 20.9. The molecule has 6 heterocycles. The monoisotopic (exact) mass is 1000 g/mol. The molecule has 0 radical (unpaired) electrons. The van der Waals surface area contributed by atoms with Gasteiger partial charge in [0.1, 0.15) is 33.6 Å². The molecule has 2 saturated heterocycles. The highest BCUT2D eigenvalue weighted by Gasteiger charge is 2.31. The Kier molecular flexibility index (Phi) is 15.2. The van der Waals surface area contributed by atoms with E-state index in [1.807, 2.05) is 67.0 Å². The Morgan fingerprint density at radius 2 is 1.10 bits per heavy atom. The van der Waals surface area contributed by atoms with Crippen LogP contribution in [0.1, 0.15) is 99.3 Å². The van der Waals surface area contributed by atoms with E-state index in [-0.39, 0.29) is 41.0 Å². The lowest BCUT2D eigenvalue weighted by molar-refractivity contribution is 0.0488. The highest BCUT2D eigenvalue weighted by Crippen LogP contribution is 2.29. The standard InChI is InChI=1S/C24H29ClN6O4.C24H28ClN5O5/c1-24(2,3)35-23(34)27-15-8-6-10-30(13-15)22-29-17-11-18(20(26)32)28-21(33)19(17)31(22)12-14-7-4-5-9-16(14)25;1-24(2,3)35-23(34)26-15-8-6-10-29(13-15)22-28-17-11-18(21(32)33)27-20(31)19(17)30(22)12-14-7-4-5-9-16(14)25/h4-5,7,9,11,15H,6,8,10,12-13H2,1-3H3,(H2,26,32)(H,27,34)(H,28,33);4-5,7,9,11,15H,6,8,10,12-13H2,1-3H3,(H,26,34)(H,27,31)(H,32,33)/t2*15-/m11/s1. The summed E-state index contributed by atoms with van der Waals surface area (Å²) < 4.78 is 14.3. The number of benzene rings is 2. The van der Waals surface area contributed by atoms with Crippen LogP contribution in [0.4, 0.5) is 21.5 Å². The molecule has 2 atom stereocenters. The molecule has 6 aromatic rings. The molecule has 22 heteroatoms. The number of nitrogens with zero attached hydrogens (tertiary/aromatic N) is 6. The van der Waals surface area contributed by atoms with Gasteiger partial charge in [-0.05, 0) is 103 Å². The fourth-order valence-electron chi connectivity index (χ4n) is 8.43. The number of anilines is 2. The number of pyridine rings is 2. The molecule has 2 aromatic carbocycles. The quantitative estimate of drug-likeness (QED) is 0.0842. The van der Waals surface area contributed by atoms with E-state index in [0.717, 1.165) is 36.8 Å². The molecular weight excluding hydrogens is 946 g/mol. The number of rotatable bonds is 10. The summed E-state index contributed by atoms with van der Waals surface area (Å²) >= 11 is 12.8. The zero-order valence-corrected chi connectivity index (χ0v) is 41.2. The molecule has 2 aliphatic heterocycles. The zero-order valence-electron chi connectivity index (χ0n) is 39.7. The number of aromatic nitrogens is 6. The third-order valence-electron chi connectivity index (χ3n) is 11.4. The fourth-order valence-corrected chi connectivity index (χ4v) is 8.82. The van der Waals surface area contributed by atoms with Crippen LogP contribution in [-0.4, -0.2) is 108 Å². The Balaban J connectivity index is 0.000000206. The number of nitrogens with two attached hydrogens (primary N) is 1. The van der Waals surface area contributed by atoms with Crippen LogP contribution in [0.15, 0.2) is 70.3 Å². The minimum atomic E-state index is -1.24. The number of amides is 3. The normalized spacial score (nSPS) is 16.3. The third kappa shape index (κ3) is 12.4. The Labute approximate surface area is 412 Å². The number of carbonyl (C=O) groups excluding carboxylic acids is 3. The number of carboxylic acids is 1. The number of ether oxygens (including phenoxy) is 2. The van der Waals surface area contributed by atoms with Crippen molar-refractivity contribution < 1.29 is 33.8 Å². The van der Waals surface area contributed by atoms with Crippen molar-refractivity contribution in [2.45, 2.75) is 104 Å². The van der Waals surface area contributed by atoms with E-state index in [1.165, 1.54) is 12.1 Å². The van der Waals surface area contributed by atoms with Gasteiger partial charge in [-0.25, -0.2) is 24.4 Å². The Hall–Kier alpha value is -7.06. The number of imidazole rings is 2. The van der Waals surface area contributed by atoms with Crippen molar-refractivity contribution in [1.29, 1.82) is 0 Å². The number of carboxylic acid groups (broad SMARTS) is 1. The Bertz CT molecular complexity index is 2860. The van der Waals surface area contributed by atoms with Gasteiger partial charge in [0.2, 0.25) is 11.9 Å². The number of primary amides is 1. The lowest BCUT2D eigenvalue weighted by Crippen LogP contribution is -2.49. The first kappa shape index (κ1) is 50.8. The minimum Gasteiger partial charge on any atom is -0.477 e. The summed E-state index contributed by atoms with van der Waals surface area (Å²) in [5.74, 6) is -0.942. The number of fused-ring (bicyclic) bond motifs is 2. The number of carbonyl (C=O) groups is 4. The summed E-state index contributed by atoms with van der Waals surface area (Å²) in [6, 6.07) is 17.2. The SMILES string of the molecule is CC(C)(C)OC(=O)N[C@@H]1CCCN(c2nc3cc(C(=O)O)[nH]c(=O)c3n2Cc2ccccc2Cl)C1.CC(C)(C)OC(=O)N[C@@H]1CCCN(c2nc3cc(C(N)=O)[nH]c(=O)c3n2Cc2ccccc2Cl)C1. The molecule has 20 nitrogen and oxygen atoms in total. The second-order valence-electron chi connectivity index (χ2n) is 19.2. The number of hydrogen-bond acceptors (Lipinski definition) is 12. The highest BCUT2D eigenvalue weighted by molar-refractivity contribution is 6.31. The lowest BCUT2D eigenvalue weighted by Gasteiger charge is -2.34. The molecule has 8 rings (SSSR count). The number of halogens is 2. The number of piperidine rings is 2. The Morgan fingerprint density at radius 3 is 1.49 bits per heavy atom. The molecule has 0 spiro atoms. The topological polar surface area (TPSA) is 265 Å². The maximum atomic E-state index is 13.0. The van der Waals surface area contributed by atoms with Crippen LogP contribution in [0.25, 0.3) is 22.1 Å². The van der Waals surface area contributed by atoms with E-state index in [4.69, 9.17) is 43.4 Å². The molecule has 2 aliphatic rings. The number of nitrogens with one attached hydrogen (secondary N) is 4. The van der Waals surface area contributed by atoms with Gasteiger partial charge in [-0.15, -0.1) is 0 Å². The predicted octanol–water partition coefficient (Wildman–Crippen LogP) is 6.64. The van der Waals surface area contributed by atoms with Gasteiger partial charge in [0.25, 0.3) is 17.0 Å². The number of aromatic amines is 2. The summed E-state index contributed by atoms with van der Waals surface area (Å²) in [5, 5.41) is 16.3. The van der Waals surface area contributed by atoms with Gasteiger partial charge in [0.05, 0.1) is 24.1 Å². The first-order valence-electron chi connectivity index (χ1n) is 22.8. The van der Waals surface area contributed by atoms with Crippen LogP contribution in [0.2, 0.25) is 10.0 Å². The van der Waals surface area contributed by atoms with Gasteiger partial charge in [-0.2, -0.15) is 0 Å². The largest absolute Gasteiger partial charge is 0.477 e.